The minimum atomic E-state index is -5.19. The van der Waals surface area contributed by atoms with Crippen molar-refractivity contribution in [2.24, 2.45) is 5.92 Å². The quantitative estimate of drug-likeness (QED) is 0.115. The number of para-hydroxylation sites is 1. The highest BCUT2D eigenvalue weighted by Gasteiger charge is 2.49. The number of alkyl halides is 6. The normalized spacial score (nSPS) is 19.2. The molecule has 0 saturated carbocycles. The van der Waals surface area contributed by atoms with Gasteiger partial charge in [0.2, 0.25) is 5.78 Å². The van der Waals surface area contributed by atoms with Crippen LogP contribution in [0.25, 0.3) is 0 Å². The molecule has 3 aliphatic heterocycles. The first-order valence-electron chi connectivity index (χ1n) is 17.2. The number of quaternary nitrogens is 1. The molecule has 2 atom stereocenters. The molecule has 6 rings (SSSR count). The first-order chi connectivity index (χ1) is 26.2. The predicted molar refractivity (Wildman–Crippen MR) is 186 cm³/mol. The summed E-state index contributed by atoms with van der Waals surface area (Å²) in [6.07, 6.45) is -8.67. The summed E-state index contributed by atoms with van der Waals surface area (Å²) in [7, 11) is 3.84. The molecule has 3 aromatic rings. The monoisotopic (exact) mass is 797 g/mol. The zero-order chi connectivity index (χ0) is 41.7. The number of carbonyl (C=O) groups is 5. The average molecular weight is 798 g/mol. The van der Waals surface area contributed by atoms with Crippen LogP contribution in [0, 0.1) is 5.92 Å². The van der Waals surface area contributed by atoms with E-state index in [1.165, 1.54) is 0 Å². The van der Waals surface area contributed by atoms with Gasteiger partial charge in [0.1, 0.15) is 25.7 Å². The lowest BCUT2D eigenvalue weighted by Gasteiger charge is -2.51. The fourth-order valence-corrected chi connectivity index (χ4v) is 6.01. The van der Waals surface area contributed by atoms with E-state index in [2.05, 4.69) is 5.32 Å². The molecule has 0 aromatic heterocycles. The number of esters is 2. The fourth-order valence-electron chi connectivity index (χ4n) is 6.01. The first kappa shape index (κ1) is 44.9. The van der Waals surface area contributed by atoms with Gasteiger partial charge in [-0.15, -0.1) is 0 Å². The summed E-state index contributed by atoms with van der Waals surface area (Å²) in [5.74, 6) is -6.13. The summed E-state index contributed by atoms with van der Waals surface area (Å²) in [6, 6.07) is 25.4. The second-order valence-electron chi connectivity index (χ2n) is 13.3. The minimum Gasteiger partial charge on any atom is -0.542 e. The molecule has 0 spiro atoms. The molecule has 0 aliphatic carbocycles. The van der Waals surface area contributed by atoms with Gasteiger partial charge in [-0.25, -0.2) is 14.4 Å². The Kier molecular flexibility index (Phi) is 16.0. The largest absolute Gasteiger partial charge is 0.542 e. The second kappa shape index (κ2) is 19.9. The number of carboxylic acid groups (broad SMARTS) is 2. The van der Waals surface area contributed by atoms with Crippen LogP contribution in [0.4, 0.5) is 32.0 Å². The molecule has 304 valence electrons. The van der Waals surface area contributed by atoms with Crippen molar-refractivity contribution in [1.82, 2.24) is 4.90 Å². The number of anilines is 1. The third-order valence-corrected chi connectivity index (χ3v) is 8.93. The van der Waals surface area contributed by atoms with E-state index in [0.717, 1.165) is 37.2 Å². The number of halogens is 6. The summed E-state index contributed by atoms with van der Waals surface area (Å²) in [6.45, 7) is 3.73. The zero-order valence-electron chi connectivity index (χ0n) is 30.3. The highest BCUT2D eigenvalue weighted by atomic mass is 19.4. The number of ether oxygens (including phenoxy) is 2. The number of carbonyl (C=O) groups excluding carboxylic acids is 4. The van der Waals surface area contributed by atoms with Crippen molar-refractivity contribution < 1.29 is 74.5 Å². The number of hydrogen-bond donors (Lipinski definition) is 2. The van der Waals surface area contributed by atoms with Crippen LogP contribution in [-0.4, -0.2) is 116 Å². The molecule has 3 saturated heterocycles. The number of nitrogens with zero attached hydrogens (tertiary/aromatic N) is 2. The number of carboxylic acids is 2. The summed E-state index contributed by atoms with van der Waals surface area (Å²) >= 11 is 0. The van der Waals surface area contributed by atoms with Gasteiger partial charge < -0.3 is 39.2 Å². The van der Waals surface area contributed by atoms with E-state index in [1.807, 2.05) is 79.7 Å². The number of piperidine rings is 3. The van der Waals surface area contributed by atoms with Crippen LogP contribution in [0.15, 0.2) is 84.9 Å². The molecule has 3 aliphatic rings. The molecule has 0 radical (unpaired) electrons. The van der Waals surface area contributed by atoms with Crippen LogP contribution in [-0.2, 0) is 23.9 Å². The van der Waals surface area contributed by atoms with Crippen LogP contribution in [0.5, 0.6) is 0 Å². The Morgan fingerprint density at radius 1 is 0.839 bits per heavy atom. The van der Waals surface area contributed by atoms with Gasteiger partial charge in [-0.05, 0) is 43.9 Å². The highest BCUT2D eigenvalue weighted by molar-refractivity contribution is 5.98. The van der Waals surface area contributed by atoms with E-state index in [0.29, 0.717) is 47.8 Å². The number of rotatable bonds is 12. The van der Waals surface area contributed by atoms with E-state index in [-0.39, 0.29) is 17.9 Å². The van der Waals surface area contributed by atoms with Gasteiger partial charge in [-0.1, -0.05) is 60.7 Å². The van der Waals surface area contributed by atoms with Gasteiger partial charge in [0.15, 0.2) is 12.1 Å². The van der Waals surface area contributed by atoms with E-state index >= 15 is 0 Å². The summed E-state index contributed by atoms with van der Waals surface area (Å²) in [5, 5.41) is 19.3. The van der Waals surface area contributed by atoms with Gasteiger partial charge in [0.25, 0.3) is 0 Å². The van der Waals surface area contributed by atoms with Crippen molar-refractivity contribution in [2.45, 2.75) is 37.3 Å². The third kappa shape index (κ3) is 14.0. The number of Topliss-reactive ketones (excluding diaryl/α,β-unsaturated/α-hetero) is 1. The third-order valence-electron chi connectivity index (χ3n) is 8.93. The van der Waals surface area contributed by atoms with Crippen LogP contribution in [0.3, 0.4) is 0 Å². The lowest BCUT2D eigenvalue weighted by Crippen LogP contribution is -2.65. The first-order valence-corrected chi connectivity index (χ1v) is 17.2. The Morgan fingerprint density at radius 2 is 1.34 bits per heavy atom. The van der Waals surface area contributed by atoms with E-state index < -0.39 is 36.3 Å². The number of aliphatic carboxylic acids is 2. The smallest absolute Gasteiger partial charge is 0.490 e. The van der Waals surface area contributed by atoms with Crippen LogP contribution < -0.4 is 10.4 Å². The molecule has 0 amide bonds. The van der Waals surface area contributed by atoms with Crippen LogP contribution >= 0.6 is 0 Å². The van der Waals surface area contributed by atoms with Crippen molar-refractivity contribution in [2.75, 3.05) is 58.7 Å². The Labute approximate surface area is 318 Å². The maximum Gasteiger partial charge on any atom is 0.490 e. The Hall–Kier alpha value is -5.49. The topological polar surface area (TPSA) is 162 Å². The van der Waals surface area contributed by atoms with E-state index in [4.69, 9.17) is 29.3 Å². The number of hydrogen-bond acceptors (Lipinski definition) is 10. The van der Waals surface area contributed by atoms with Crippen molar-refractivity contribution in [3.05, 3.63) is 102 Å². The van der Waals surface area contributed by atoms with Gasteiger partial charge in [0.05, 0.1) is 18.7 Å². The number of likely N-dealkylation sites (N-methyl/N-ethyl adjacent to an activating group) is 1. The molecule has 2 N–H and O–H groups in total. The molecular formula is C38H41F6N3O9. The SMILES string of the molecule is CN(C)CCOC(=O)c1ccc(C(=O)C[N+]23CCC(CC2)[C@@H](OC(=O)[C@H](Nc2ccccc2)c2ccccc2)C3)cc1.O=C(O)C(F)(F)F.O=C([O-])C(F)(F)F. The van der Waals surface area contributed by atoms with Gasteiger partial charge in [-0.2, -0.15) is 26.3 Å². The number of nitrogens with one attached hydrogen (secondary N) is 1. The van der Waals surface area contributed by atoms with Crippen molar-refractivity contribution >= 4 is 35.3 Å². The molecule has 3 heterocycles. The average Bonchev–Trinajstić information content (AvgIpc) is 3.14. The molecular weight excluding hydrogens is 756 g/mol. The van der Waals surface area contributed by atoms with Crippen molar-refractivity contribution in [3.8, 4) is 0 Å². The Balaban J connectivity index is 0.000000512. The zero-order valence-corrected chi connectivity index (χ0v) is 30.3. The second-order valence-corrected chi connectivity index (χ2v) is 13.3. The maximum absolute atomic E-state index is 13.6. The molecule has 3 fully saturated rings. The molecule has 2 bridgehead atoms. The van der Waals surface area contributed by atoms with E-state index in [9.17, 15) is 40.7 Å². The van der Waals surface area contributed by atoms with Gasteiger partial charge in [-0.3, -0.25) is 4.79 Å². The van der Waals surface area contributed by atoms with Gasteiger partial charge in [0, 0.05) is 36.6 Å². The van der Waals surface area contributed by atoms with Crippen molar-refractivity contribution in [3.63, 3.8) is 0 Å². The Bertz CT molecular complexity index is 1740. The standard InChI is InChI=1S/C34H40N3O5.2C2HF3O2/c1-36(2)19-22-41-33(39)28-15-13-25(14-16-28)30(38)23-37-20-17-26(18-21-37)31(24-37)42-34(40)32(27-9-5-3-6-10-27)35-29-11-7-4-8-12-29;2*3-2(4,5)1(6)7/h3-16,26,31-32,35H,17-24H2,1-2H3;2*(H,6,7)/q+1;;/p-1/t26?,31-,32+,37?;;/m0../s1. The summed E-state index contributed by atoms with van der Waals surface area (Å²) in [4.78, 5) is 59.0. The van der Waals surface area contributed by atoms with Crippen LogP contribution in [0.2, 0.25) is 0 Å². The Morgan fingerprint density at radius 3 is 1.82 bits per heavy atom. The van der Waals surface area contributed by atoms with E-state index in [1.54, 1.807) is 24.3 Å². The molecule has 0 unspecified atom stereocenters. The highest BCUT2D eigenvalue weighted by Crippen LogP contribution is 2.37. The van der Waals surface area contributed by atoms with Crippen LogP contribution in [0.1, 0.15) is 45.2 Å². The summed E-state index contributed by atoms with van der Waals surface area (Å²) in [5.41, 5.74) is 2.70. The minimum absolute atomic E-state index is 0.0286. The molecule has 18 heteroatoms. The molecule has 12 nitrogen and oxygen atoms in total. The number of fused-ring (bicyclic) bond motifs is 3. The number of benzene rings is 3. The lowest BCUT2D eigenvalue weighted by molar-refractivity contribution is -0.938. The number of ketones is 1. The van der Waals surface area contributed by atoms with Gasteiger partial charge >= 0.3 is 30.3 Å². The molecule has 56 heavy (non-hydrogen) atoms. The lowest BCUT2D eigenvalue weighted by atomic mass is 9.82. The maximum atomic E-state index is 13.6. The molecule has 3 aromatic carbocycles. The van der Waals surface area contributed by atoms with Crippen molar-refractivity contribution in [1.29, 1.82) is 0 Å². The summed E-state index contributed by atoms with van der Waals surface area (Å²) < 4.78 is 75.4. The fraction of sp³-hybridized carbons (Fsp3) is 0.395. The predicted octanol–water partition coefficient (Wildman–Crippen LogP) is 4.53.